The highest BCUT2D eigenvalue weighted by molar-refractivity contribution is 5.89. The third-order valence-electron chi connectivity index (χ3n) is 12.3. The van der Waals surface area contributed by atoms with Crippen LogP contribution in [0.2, 0.25) is 0 Å². The molecule has 40 heavy (non-hydrogen) atoms. The molecule has 4 aliphatic carbocycles. The van der Waals surface area contributed by atoms with E-state index in [9.17, 15) is 13.6 Å². The van der Waals surface area contributed by atoms with E-state index in [2.05, 4.69) is 33.8 Å². The first-order chi connectivity index (χ1) is 19.2. The normalized spacial score (nSPS) is 35.8. The SMILES string of the molecule is CCCCCCCC[C@@H](C)[C@H]1CC[C@H]2[C@@H]3CC=C4C[C@@H](OC(=O)c5ccc(F)c(F)c5)CC[C@]4(C)[C@H]3CC[C@]12C. The molecule has 0 saturated heterocycles. The summed E-state index contributed by atoms with van der Waals surface area (Å²) in [6.07, 6.45) is 21.4. The molecule has 8 atom stereocenters. The maximum atomic E-state index is 13.7. The Bertz CT molecular complexity index is 1080. The van der Waals surface area contributed by atoms with Crippen LogP contribution >= 0.6 is 0 Å². The summed E-state index contributed by atoms with van der Waals surface area (Å²) in [5.74, 6) is 1.53. The first kappa shape index (κ1) is 29.8. The molecule has 3 saturated carbocycles. The number of hydrogen-bond donors (Lipinski definition) is 0. The van der Waals surface area contributed by atoms with Crippen LogP contribution in [0.4, 0.5) is 8.78 Å². The van der Waals surface area contributed by atoms with Crippen molar-refractivity contribution in [1.29, 1.82) is 0 Å². The molecule has 0 radical (unpaired) electrons. The van der Waals surface area contributed by atoms with Gasteiger partial charge in [-0.2, -0.15) is 0 Å². The van der Waals surface area contributed by atoms with Crippen LogP contribution in [0.25, 0.3) is 0 Å². The average Bonchev–Trinajstić information content (AvgIpc) is 3.29. The molecular formula is C36H52F2O2. The number of fused-ring (bicyclic) bond motifs is 5. The number of allylic oxidation sites excluding steroid dienone is 1. The van der Waals surface area contributed by atoms with Crippen LogP contribution in [-0.2, 0) is 4.74 Å². The van der Waals surface area contributed by atoms with Crippen LogP contribution < -0.4 is 0 Å². The summed E-state index contributed by atoms with van der Waals surface area (Å²) >= 11 is 0. The zero-order chi connectivity index (χ0) is 28.5. The monoisotopic (exact) mass is 554 g/mol. The van der Waals surface area contributed by atoms with Crippen LogP contribution in [0.3, 0.4) is 0 Å². The van der Waals surface area contributed by atoms with E-state index in [0.29, 0.717) is 5.41 Å². The standard InChI is InChI=1S/C36H52F2O2/c1-5-6-7-8-9-10-11-24(2)29-15-16-30-28-14-13-26-23-27(40-34(39)25-12-17-32(37)33(38)22-25)18-20-35(26,3)31(28)19-21-36(29,30)4/h12-13,17,22,24,27-31H,5-11,14-16,18-21,23H2,1-4H3/t24-,27+,28+,29-,30+,31+,35+,36-/m1/s1. The fourth-order valence-corrected chi connectivity index (χ4v) is 9.99. The highest BCUT2D eigenvalue weighted by Gasteiger charge is 2.59. The van der Waals surface area contributed by atoms with Crippen molar-refractivity contribution in [3.05, 3.63) is 47.0 Å². The van der Waals surface area contributed by atoms with Crippen molar-refractivity contribution in [2.45, 2.75) is 130 Å². The van der Waals surface area contributed by atoms with Gasteiger partial charge in [-0.3, -0.25) is 0 Å². The van der Waals surface area contributed by atoms with Crippen LogP contribution in [-0.4, -0.2) is 12.1 Å². The highest BCUT2D eigenvalue weighted by Crippen LogP contribution is 2.67. The van der Waals surface area contributed by atoms with Crippen molar-refractivity contribution in [3.8, 4) is 0 Å². The number of benzene rings is 1. The number of carbonyl (C=O) groups excluding carboxylic acids is 1. The number of ether oxygens (including phenoxy) is 1. The van der Waals surface area contributed by atoms with Crippen LogP contribution in [0.1, 0.15) is 134 Å². The molecule has 4 aliphatic rings. The van der Waals surface area contributed by atoms with Crippen molar-refractivity contribution >= 4 is 5.97 Å². The van der Waals surface area contributed by atoms with E-state index in [-0.39, 0.29) is 17.1 Å². The Morgan fingerprint density at radius 3 is 2.52 bits per heavy atom. The van der Waals surface area contributed by atoms with Gasteiger partial charge in [-0.1, -0.05) is 84.3 Å². The average molecular weight is 555 g/mol. The first-order valence-corrected chi connectivity index (χ1v) is 16.5. The van der Waals surface area contributed by atoms with Crippen molar-refractivity contribution in [1.82, 2.24) is 0 Å². The third-order valence-corrected chi connectivity index (χ3v) is 12.3. The smallest absolute Gasteiger partial charge is 0.338 e. The van der Waals surface area contributed by atoms with Gasteiger partial charge in [0.2, 0.25) is 0 Å². The van der Waals surface area contributed by atoms with E-state index in [4.69, 9.17) is 4.74 Å². The zero-order valence-corrected chi connectivity index (χ0v) is 25.5. The molecule has 1 aromatic rings. The van der Waals surface area contributed by atoms with Gasteiger partial charge in [0.25, 0.3) is 0 Å². The Hall–Kier alpha value is -1.71. The lowest BCUT2D eigenvalue weighted by atomic mass is 9.47. The predicted octanol–water partition coefficient (Wildman–Crippen LogP) is 10.5. The lowest BCUT2D eigenvalue weighted by Crippen LogP contribution is -2.51. The van der Waals surface area contributed by atoms with Crippen molar-refractivity contribution in [3.63, 3.8) is 0 Å². The van der Waals surface area contributed by atoms with Crippen molar-refractivity contribution in [2.24, 2.45) is 40.4 Å². The maximum Gasteiger partial charge on any atom is 0.338 e. The molecule has 4 heteroatoms. The van der Waals surface area contributed by atoms with Crippen molar-refractivity contribution in [2.75, 3.05) is 0 Å². The molecule has 222 valence electrons. The van der Waals surface area contributed by atoms with E-state index in [1.54, 1.807) is 0 Å². The summed E-state index contributed by atoms with van der Waals surface area (Å²) in [6, 6.07) is 3.24. The lowest BCUT2D eigenvalue weighted by molar-refractivity contribution is -0.0594. The Morgan fingerprint density at radius 2 is 1.75 bits per heavy atom. The molecule has 0 aromatic heterocycles. The predicted molar refractivity (Wildman–Crippen MR) is 158 cm³/mol. The highest BCUT2D eigenvalue weighted by atomic mass is 19.2. The van der Waals surface area contributed by atoms with Gasteiger partial charge in [0.15, 0.2) is 11.6 Å². The Labute approximate surface area is 241 Å². The summed E-state index contributed by atoms with van der Waals surface area (Å²) < 4.78 is 32.8. The molecule has 0 N–H and O–H groups in total. The zero-order valence-electron chi connectivity index (χ0n) is 25.5. The van der Waals surface area contributed by atoms with E-state index >= 15 is 0 Å². The van der Waals surface area contributed by atoms with Crippen LogP contribution in [0.15, 0.2) is 29.8 Å². The number of unbranched alkanes of at least 4 members (excludes halogenated alkanes) is 5. The third kappa shape index (κ3) is 5.67. The number of esters is 1. The van der Waals surface area contributed by atoms with Gasteiger partial charge in [0.1, 0.15) is 6.10 Å². The van der Waals surface area contributed by atoms with Gasteiger partial charge < -0.3 is 4.74 Å². The second-order valence-electron chi connectivity index (χ2n) is 14.4. The Morgan fingerprint density at radius 1 is 0.975 bits per heavy atom. The number of halogens is 2. The summed E-state index contributed by atoms with van der Waals surface area (Å²) in [5, 5.41) is 0. The van der Waals surface area contributed by atoms with Gasteiger partial charge in [0.05, 0.1) is 5.56 Å². The fourth-order valence-electron chi connectivity index (χ4n) is 9.99. The van der Waals surface area contributed by atoms with Gasteiger partial charge in [-0.25, -0.2) is 13.6 Å². The molecule has 0 aliphatic heterocycles. The maximum absolute atomic E-state index is 13.7. The second-order valence-corrected chi connectivity index (χ2v) is 14.4. The van der Waals surface area contributed by atoms with Crippen LogP contribution in [0, 0.1) is 52.1 Å². The molecule has 0 bridgehead atoms. The van der Waals surface area contributed by atoms with E-state index in [1.807, 2.05) is 0 Å². The minimum atomic E-state index is -1.01. The van der Waals surface area contributed by atoms with E-state index < -0.39 is 17.6 Å². The van der Waals surface area contributed by atoms with Gasteiger partial charge in [0, 0.05) is 6.42 Å². The largest absolute Gasteiger partial charge is 0.458 e. The molecule has 0 amide bonds. The quantitative estimate of drug-likeness (QED) is 0.163. The molecule has 5 rings (SSSR count). The summed E-state index contributed by atoms with van der Waals surface area (Å²) in [5.41, 5.74) is 2.23. The minimum absolute atomic E-state index is 0.0815. The summed E-state index contributed by atoms with van der Waals surface area (Å²) in [4.78, 5) is 12.7. The number of carbonyl (C=O) groups is 1. The summed E-state index contributed by atoms with van der Waals surface area (Å²) in [6.45, 7) is 9.99. The van der Waals surface area contributed by atoms with Gasteiger partial charge in [-0.05, 0) is 104 Å². The molecule has 1 aromatic carbocycles. The molecule has 0 unspecified atom stereocenters. The molecule has 0 spiro atoms. The van der Waals surface area contributed by atoms with E-state index in [0.717, 1.165) is 67.4 Å². The summed E-state index contributed by atoms with van der Waals surface area (Å²) in [7, 11) is 0. The molecule has 0 heterocycles. The molecule has 3 fully saturated rings. The Balaban J connectivity index is 1.20. The molecular weight excluding hydrogens is 502 g/mol. The Kier molecular flexibility index (Phi) is 9.12. The minimum Gasteiger partial charge on any atom is -0.458 e. The van der Waals surface area contributed by atoms with Gasteiger partial charge >= 0.3 is 5.97 Å². The van der Waals surface area contributed by atoms with E-state index in [1.165, 1.54) is 82.3 Å². The lowest BCUT2D eigenvalue weighted by Gasteiger charge is -2.58. The van der Waals surface area contributed by atoms with Crippen molar-refractivity contribution < 1.29 is 18.3 Å². The second kappa shape index (κ2) is 12.3. The molecule has 2 nitrogen and oxygen atoms in total. The van der Waals surface area contributed by atoms with Gasteiger partial charge in [-0.15, -0.1) is 0 Å². The first-order valence-electron chi connectivity index (χ1n) is 16.5. The number of rotatable bonds is 10. The topological polar surface area (TPSA) is 26.3 Å². The number of hydrogen-bond acceptors (Lipinski definition) is 2. The fraction of sp³-hybridized carbons (Fsp3) is 0.750. The van der Waals surface area contributed by atoms with Crippen LogP contribution in [0.5, 0.6) is 0 Å².